The molecule has 6 nitrogen and oxygen atoms in total. The second-order valence-electron chi connectivity index (χ2n) is 6.71. The highest BCUT2D eigenvalue weighted by atomic mass is 19.1. The Balaban J connectivity index is 1.46. The normalized spacial score (nSPS) is 19.2. The molecular formula is C18H25FN4O2. The summed E-state index contributed by atoms with van der Waals surface area (Å²) in [5, 5.41) is 0. The fourth-order valence-electron chi connectivity index (χ4n) is 3.27. The Morgan fingerprint density at radius 1 is 0.840 bits per heavy atom. The molecule has 0 N–H and O–H groups in total. The maximum absolute atomic E-state index is 13.0. The Labute approximate surface area is 147 Å². The fourth-order valence-corrected chi connectivity index (χ4v) is 3.27. The van der Waals surface area contributed by atoms with Crippen LogP contribution in [0.2, 0.25) is 0 Å². The van der Waals surface area contributed by atoms with Crippen LogP contribution >= 0.6 is 0 Å². The summed E-state index contributed by atoms with van der Waals surface area (Å²) in [6.45, 7) is 5.67. The van der Waals surface area contributed by atoms with Crippen molar-refractivity contribution < 1.29 is 14.0 Å². The summed E-state index contributed by atoms with van der Waals surface area (Å²) in [6, 6.07) is 6.40. The largest absolute Gasteiger partial charge is 0.368 e. The number of hydrogen-bond donors (Lipinski definition) is 0. The van der Waals surface area contributed by atoms with Gasteiger partial charge in [-0.05, 0) is 31.3 Å². The molecule has 2 aliphatic rings. The van der Waals surface area contributed by atoms with Crippen molar-refractivity contribution in [2.45, 2.75) is 6.42 Å². The molecule has 0 aliphatic carbocycles. The van der Waals surface area contributed by atoms with Gasteiger partial charge < -0.3 is 19.6 Å². The molecule has 2 heterocycles. The molecule has 1 aromatic rings. The van der Waals surface area contributed by atoms with Crippen molar-refractivity contribution >= 4 is 17.5 Å². The summed E-state index contributed by atoms with van der Waals surface area (Å²) in [5.41, 5.74) is 0.960. The van der Waals surface area contributed by atoms with E-state index in [-0.39, 0.29) is 24.1 Å². The van der Waals surface area contributed by atoms with Crippen molar-refractivity contribution in [1.82, 2.24) is 14.7 Å². The highest BCUT2D eigenvalue weighted by Gasteiger charge is 2.26. The van der Waals surface area contributed by atoms with E-state index in [2.05, 4.69) is 9.80 Å². The molecule has 3 rings (SSSR count). The molecule has 0 bridgehead atoms. The number of halogens is 1. The van der Waals surface area contributed by atoms with Gasteiger partial charge in [-0.2, -0.15) is 0 Å². The summed E-state index contributed by atoms with van der Waals surface area (Å²) >= 11 is 0. The van der Waals surface area contributed by atoms with E-state index in [0.717, 1.165) is 18.8 Å². The number of rotatable bonds is 3. The molecule has 25 heavy (non-hydrogen) atoms. The Morgan fingerprint density at radius 2 is 1.32 bits per heavy atom. The smallest absolute Gasteiger partial charge is 0.232 e. The number of likely N-dealkylation sites (N-methyl/N-ethyl adjacent to an activating group) is 1. The molecule has 7 heteroatoms. The van der Waals surface area contributed by atoms with Crippen LogP contribution in [0.4, 0.5) is 10.1 Å². The number of amides is 2. The predicted molar refractivity (Wildman–Crippen MR) is 93.9 cm³/mol. The van der Waals surface area contributed by atoms with Gasteiger partial charge >= 0.3 is 0 Å². The highest BCUT2D eigenvalue weighted by molar-refractivity contribution is 5.97. The molecule has 2 saturated heterocycles. The number of piperazine rings is 2. The second kappa shape index (κ2) is 7.82. The zero-order chi connectivity index (χ0) is 17.8. The summed E-state index contributed by atoms with van der Waals surface area (Å²) in [7, 11) is 2.04. The Kier molecular flexibility index (Phi) is 5.53. The summed E-state index contributed by atoms with van der Waals surface area (Å²) < 4.78 is 13.0. The maximum atomic E-state index is 13.0. The molecule has 0 atom stereocenters. The zero-order valence-electron chi connectivity index (χ0n) is 14.7. The van der Waals surface area contributed by atoms with Crippen LogP contribution in [0.25, 0.3) is 0 Å². The van der Waals surface area contributed by atoms with Crippen molar-refractivity contribution in [2.24, 2.45) is 0 Å². The monoisotopic (exact) mass is 348 g/mol. The Hall–Kier alpha value is -2.15. The van der Waals surface area contributed by atoms with Crippen molar-refractivity contribution in [2.75, 3.05) is 64.3 Å². The third-order valence-corrected chi connectivity index (χ3v) is 4.98. The molecule has 2 amide bonds. The Morgan fingerprint density at radius 3 is 1.84 bits per heavy atom. The van der Waals surface area contributed by atoms with E-state index in [0.29, 0.717) is 39.3 Å². The van der Waals surface area contributed by atoms with Crippen molar-refractivity contribution in [3.63, 3.8) is 0 Å². The lowest BCUT2D eigenvalue weighted by atomic mass is 10.2. The molecule has 0 spiro atoms. The van der Waals surface area contributed by atoms with Crippen LogP contribution in [0.3, 0.4) is 0 Å². The van der Waals surface area contributed by atoms with Crippen LogP contribution in [-0.2, 0) is 9.59 Å². The number of carbonyl (C=O) groups excluding carboxylic acids is 2. The predicted octanol–water partition coefficient (Wildman–Crippen LogP) is 0.638. The average Bonchev–Trinajstić information content (AvgIpc) is 2.63. The minimum Gasteiger partial charge on any atom is -0.368 e. The summed E-state index contributed by atoms with van der Waals surface area (Å²) in [5.74, 6) is -0.415. The van der Waals surface area contributed by atoms with Crippen LogP contribution < -0.4 is 4.90 Å². The van der Waals surface area contributed by atoms with Gasteiger partial charge in [0.1, 0.15) is 12.2 Å². The molecule has 2 fully saturated rings. The van der Waals surface area contributed by atoms with E-state index in [1.165, 1.54) is 12.1 Å². The lowest BCUT2D eigenvalue weighted by Gasteiger charge is -2.37. The third-order valence-electron chi connectivity index (χ3n) is 4.98. The molecule has 0 aromatic heterocycles. The van der Waals surface area contributed by atoms with Gasteiger partial charge in [-0.1, -0.05) is 0 Å². The van der Waals surface area contributed by atoms with Gasteiger partial charge in [-0.25, -0.2) is 4.39 Å². The summed E-state index contributed by atoms with van der Waals surface area (Å²) in [6.07, 6.45) is -0.0414. The van der Waals surface area contributed by atoms with Crippen molar-refractivity contribution in [3.05, 3.63) is 30.1 Å². The van der Waals surface area contributed by atoms with Gasteiger partial charge in [0.2, 0.25) is 11.8 Å². The average molecular weight is 348 g/mol. The first kappa shape index (κ1) is 17.7. The standard InChI is InChI=1S/C18H25FN4O2/c1-20-6-8-22(9-7-20)17(24)14-18(25)23-12-10-21(11-13-23)16-4-2-15(19)3-5-16/h2-5H,6-14H2,1H3. The van der Waals surface area contributed by atoms with Crippen LogP contribution in [0.5, 0.6) is 0 Å². The van der Waals surface area contributed by atoms with Crippen LogP contribution in [0.15, 0.2) is 24.3 Å². The minimum atomic E-state index is -0.250. The molecule has 0 radical (unpaired) electrons. The van der Waals surface area contributed by atoms with E-state index in [1.807, 2.05) is 7.05 Å². The number of carbonyl (C=O) groups is 2. The number of anilines is 1. The highest BCUT2D eigenvalue weighted by Crippen LogP contribution is 2.17. The lowest BCUT2D eigenvalue weighted by Crippen LogP contribution is -2.51. The molecule has 0 saturated carbocycles. The van der Waals surface area contributed by atoms with E-state index in [4.69, 9.17) is 0 Å². The topological polar surface area (TPSA) is 47.1 Å². The minimum absolute atomic E-state index is 0.0414. The first-order valence-electron chi connectivity index (χ1n) is 8.77. The van der Waals surface area contributed by atoms with E-state index >= 15 is 0 Å². The van der Waals surface area contributed by atoms with Crippen LogP contribution in [0.1, 0.15) is 6.42 Å². The van der Waals surface area contributed by atoms with E-state index in [1.54, 1.807) is 21.9 Å². The van der Waals surface area contributed by atoms with Crippen molar-refractivity contribution in [3.8, 4) is 0 Å². The van der Waals surface area contributed by atoms with Crippen LogP contribution in [-0.4, -0.2) is 85.9 Å². The number of benzene rings is 1. The lowest BCUT2D eigenvalue weighted by molar-refractivity contribution is -0.141. The molecule has 136 valence electrons. The van der Waals surface area contributed by atoms with Gasteiger partial charge in [0.25, 0.3) is 0 Å². The first-order chi connectivity index (χ1) is 12.0. The molecule has 1 aromatic carbocycles. The molecular weight excluding hydrogens is 323 g/mol. The van der Waals surface area contributed by atoms with Gasteiger partial charge in [0.05, 0.1) is 0 Å². The van der Waals surface area contributed by atoms with Gasteiger partial charge in [-0.15, -0.1) is 0 Å². The van der Waals surface area contributed by atoms with Gasteiger partial charge in [0.15, 0.2) is 0 Å². The van der Waals surface area contributed by atoms with E-state index < -0.39 is 0 Å². The fraction of sp³-hybridized carbons (Fsp3) is 0.556. The summed E-state index contributed by atoms with van der Waals surface area (Å²) in [4.78, 5) is 32.5. The quantitative estimate of drug-likeness (QED) is 0.752. The molecule has 0 unspecified atom stereocenters. The van der Waals surface area contributed by atoms with Crippen LogP contribution in [0, 0.1) is 5.82 Å². The Bertz CT molecular complexity index is 606. The number of nitrogens with zero attached hydrogens (tertiary/aromatic N) is 4. The molecule has 2 aliphatic heterocycles. The second-order valence-corrected chi connectivity index (χ2v) is 6.71. The SMILES string of the molecule is CN1CCN(C(=O)CC(=O)N2CCN(c3ccc(F)cc3)CC2)CC1. The van der Waals surface area contributed by atoms with Gasteiger partial charge in [0, 0.05) is 58.0 Å². The third kappa shape index (κ3) is 4.48. The van der Waals surface area contributed by atoms with E-state index in [9.17, 15) is 14.0 Å². The first-order valence-corrected chi connectivity index (χ1v) is 8.77. The number of hydrogen-bond acceptors (Lipinski definition) is 4. The zero-order valence-corrected chi connectivity index (χ0v) is 14.7. The van der Waals surface area contributed by atoms with Crippen molar-refractivity contribution in [1.29, 1.82) is 0 Å². The maximum Gasteiger partial charge on any atom is 0.232 e. The van der Waals surface area contributed by atoms with Gasteiger partial charge in [-0.3, -0.25) is 9.59 Å².